The zero-order valence-corrected chi connectivity index (χ0v) is 16.9. The van der Waals surface area contributed by atoms with E-state index >= 15 is 0 Å². The fraction of sp³-hybridized carbons (Fsp3) is 0.333. The largest absolute Gasteiger partial charge is 0.496 e. The molecule has 0 unspecified atom stereocenters. The number of halogens is 2. The van der Waals surface area contributed by atoms with Crippen LogP contribution in [-0.2, 0) is 6.42 Å². The Morgan fingerprint density at radius 1 is 1.04 bits per heavy atom. The first kappa shape index (κ1) is 18.1. The van der Waals surface area contributed by atoms with E-state index in [1.54, 1.807) is 7.11 Å². The second-order valence-electron chi connectivity index (χ2n) is 5.63. The molecule has 0 spiro atoms. The fourth-order valence-electron chi connectivity index (χ4n) is 2.40. The highest BCUT2D eigenvalue weighted by Gasteiger charge is 2.16. The Morgan fingerprint density at radius 2 is 1.65 bits per heavy atom. The molecule has 0 aliphatic heterocycles. The summed E-state index contributed by atoms with van der Waals surface area (Å²) in [4.78, 5) is 0. The molecule has 0 heterocycles. The highest BCUT2D eigenvalue weighted by molar-refractivity contribution is 9.11. The Balaban J connectivity index is 2.53. The molecule has 23 heavy (non-hydrogen) atoms. The van der Waals surface area contributed by atoms with Gasteiger partial charge in [-0.3, -0.25) is 0 Å². The van der Waals surface area contributed by atoms with E-state index in [1.807, 2.05) is 12.1 Å². The molecule has 3 nitrogen and oxygen atoms in total. The lowest BCUT2D eigenvalue weighted by molar-refractivity contribution is 0.403. The van der Waals surface area contributed by atoms with Crippen molar-refractivity contribution in [1.29, 1.82) is 0 Å². The number of benzene rings is 2. The quantitative estimate of drug-likeness (QED) is 0.554. The lowest BCUT2D eigenvalue weighted by atomic mass is 9.98. The number of methoxy groups -OCH3 is 1. The Morgan fingerprint density at radius 3 is 2.13 bits per heavy atom. The van der Waals surface area contributed by atoms with Crippen LogP contribution >= 0.6 is 31.9 Å². The van der Waals surface area contributed by atoms with Crippen LogP contribution in [0.3, 0.4) is 0 Å². The van der Waals surface area contributed by atoms with Crippen LogP contribution in [0.4, 0.5) is 5.69 Å². The minimum atomic E-state index is 0.344. The van der Waals surface area contributed by atoms with Crippen LogP contribution in [0.1, 0.15) is 37.8 Å². The Kier molecular flexibility index (Phi) is 5.98. The number of rotatable bonds is 5. The van der Waals surface area contributed by atoms with Crippen LogP contribution in [0, 0.1) is 0 Å². The third-order valence-electron chi connectivity index (χ3n) is 3.65. The van der Waals surface area contributed by atoms with Crippen molar-refractivity contribution >= 4 is 37.5 Å². The van der Waals surface area contributed by atoms with Crippen molar-refractivity contribution in [2.75, 3.05) is 12.8 Å². The standard InChI is InChI=1S/C18H21Br2NO2/c1-5-11-6-17(22-4)13(10(2)3)9-16(11)23-18-14(19)7-12(21)8-15(18)20/h6-10H,5,21H2,1-4H3. The maximum atomic E-state index is 6.20. The van der Waals surface area contributed by atoms with Crippen molar-refractivity contribution in [1.82, 2.24) is 0 Å². The van der Waals surface area contributed by atoms with Gasteiger partial charge >= 0.3 is 0 Å². The average Bonchev–Trinajstić information content (AvgIpc) is 2.49. The van der Waals surface area contributed by atoms with Gasteiger partial charge in [0.1, 0.15) is 11.5 Å². The zero-order chi connectivity index (χ0) is 17.1. The van der Waals surface area contributed by atoms with Crippen LogP contribution in [0.2, 0.25) is 0 Å². The van der Waals surface area contributed by atoms with Crippen LogP contribution in [0.25, 0.3) is 0 Å². The monoisotopic (exact) mass is 441 g/mol. The Bertz CT molecular complexity index is 691. The predicted molar refractivity (Wildman–Crippen MR) is 103 cm³/mol. The van der Waals surface area contributed by atoms with Crippen molar-refractivity contribution in [2.24, 2.45) is 0 Å². The molecule has 0 radical (unpaired) electrons. The van der Waals surface area contributed by atoms with Crippen LogP contribution in [0.5, 0.6) is 17.2 Å². The van der Waals surface area contributed by atoms with Crippen LogP contribution in [-0.4, -0.2) is 7.11 Å². The molecule has 0 saturated heterocycles. The molecule has 0 aliphatic rings. The summed E-state index contributed by atoms with van der Waals surface area (Å²) in [6, 6.07) is 7.79. The first-order valence-electron chi connectivity index (χ1n) is 7.50. The summed E-state index contributed by atoms with van der Waals surface area (Å²) in [5.74, 6) is 2.80. The number of hydrogen-bond acceptors (Lipinski definition) is 3. The van der Waals surface area contributed by atoms with Crippen LogP contribution < -0.4 is 15.2 Å². The first-order valence-corrected chi connectivity index (χ1v) is 9.09. The molecule has 0 bridgehead atoms. The molecule has 0 amide bonds. The summed E-state index contributed by atoms with van der Waals surface area (Å²) >= 11 is 7.04. The lowest BCUT2D eigenvalue weighted by Gasteiger charge is -2.18. The number of hydrogen-bond donors (Lipinski definition) is 1. The molecule has 0 aromatic heterocycles. The highest BCUT2D eigenvalue weighted by atomic mass is 79.9. The molecule has 2 aromatic rings. The molecule has 0 fully saturated rings. The number of nitrogen functional groups attached to an aromatic ring is 1. The number of ether oxygens (including phenoxy) is 2. The lowest BCUT2D eigenvalue weighted by Crippen LogP contribution is -2.00. The third kappa shape index (κ3) is 4.01. The van der Waals surface area contributed by atoms with Crippen molar-refractivity contribution in [2.45, 2.75) is 33.1 Å². The Labute approximate surface area is 154 Å². The van der Waals surface area contributed by atoms with E-state index < -0.39 is 0 Å². The topological polar surface area (TPSA) is 44.5 Å². The van der Waals surface area contributed by atoms with E-state index in [1.165, 1.54) is 0 Å². The van der Waals surface area contributed by atoms with Gasteiger partial charge in [0, 0.05) is 11.3 Å². The molecular weight excluding hydrogens is 422 g/mol. The number of anilines is 1. The second-order valence-corrected chi connectivity index (χ2v) is 7.33. The van der Waals surface area contributed by atoms with Crippen molar-refractivity contribution < 1.29 is 9.47 Å². The van der Waals surface area contributed by atoms with Gasteiger partial charge in [0.2, 0.25) is 0 Å². The van der Waals surface area contributed by atoms with E-state index in [0.717, 1.165) is 38.0 Å². The Hall–Kier alpha value is -1.20. The van der Waals surface area contributed by atoms with Gasteiger partial charge in [-0.2, -0.15) is 0 Å². The molecule has 2 aromatic carbocycles. The summed E-state index contributed by atoms with van der Waals surface area (Å²) < 4.78 is 13.4. The normalized spacial score (nSPS) is 10.9. The van der Waals surface area contributed by atoms with Gasteiger partial charge in [0.25, 0.3) is 0 Å². The van der Waals surface area contributed by atoms with Gasteiger partial charge in [-0.05, 0) is 74.0 Å². The summed E-state index contributed by atoms with van der Waals surface area (Å²) in [7, 11) is 1.70. The minimum Gasteiger partial charge on any atom is -0.496 e. The van der Waals surface area contributed by atoms with E-state index in [2.05, 4.69) is 64.8 Å². The average molecular weight is 443 g/mol. The first-order chi connectivity index (χ1) is 10.9. The van der Waals surface area contributed by atoms with Gasteiger partial charge < -0.3 is 15.2 Å². The predicted octanol–water partition coefficient (Wildman–Crippen LogP) is 6.28. The minimum absolute atomic E-state index is 0.344. The van der Waals surface area contributed by atoms with E-state index in [-0.39, 0.29) is 0 Å². The number of aryl methyl sites for hydroxylation is 1. The molecular formula is C18H21Br2NO2. The highest BCUT2D eigenvalue weighted by Crippen LogP contribution is 2.41. The van der Waals surface area contributed by atoms with Crippen molar-refractivity contribution in [3.63, 3.8) is 0 Å². The van der Waals surface area contributed by atoms with Gasteiger partial charge in [0.05, 0.1) is 16.1 Å². The van der Waals surface area contributed by atoms with E-state index in [9.17, 15) is 0 Å². The van der Waals surface area contributed by atoms with Crippen LogP contribution in [0.15, 0.2) is 33.2 Å². The van der Waals surface area contributed by atoms with Gasteiger partial charge in [0.15, 0.2) is 5.75 Å². The van der Waals surface area contributed by atoms with E-state index in [4.69, 9.17) is 15.2 Å². The molecule has 0 saturated carbocycles. The van der Waals surface area contributed by atoms with Gasteiger partial charge in [-0.1, -0.05) is 20.8 Å². The third-order valence-corrected chi connectivity index (χ3v) is 4.83. The summed E-state index contributed by atoms with van der Waals surface area (Å²) in [6.45, 7) is 6.38. The molecule has 2 rings (SSSR count). The van der Waals surface area contributed by atoms with Crippen molar-refractivity contribution in [3.05, 3.63) is 44.3 Å². The molecule has 0 atom stereocenters. The smallest absolute Gasteiger partial charge is 0.155 e. The summed E-state index contributed by atoms with van der Waals surface area (Å²) in [5.41, 5.74) is 8.74. The molecule has 2 N–H and O–H groups in total. The molecule has 5 heteroatoms. The summed E-state index contributed by atoms with van der Waals surface area (Å²) in [5, 5.41) is 0. The SMILES string of the molecule is CCc1cc(OC)c(C(C)C)cc1Oc1c(Br)cc(N)cc1Br. The number of nitrogens with two attached hydrogens (primary N) is 1. The molecule has 0 aliphatic carbocycles. The van der Waals surface area contributed by atoms with E-state index in [0.29, 0.717) is 17.4 Å². The maximum absolute atomic E-state index is 6.20. The maximum Gasteiger partial charge on any atom is 0.155 e. The van der Waals surface area contributed by atoms with Gasteiger partial charge in [-0.25, -0.2) is 0 Å². The van der Waals surface area contributed by atoms with Gasteiger partial charge in [-0.15, -0.1) is 0 Å². The fourth-order valence-corrected chi connectivity index (χ4v) is 3.79. The zero-order valence-electron chi connectivity index (χ0n) is 13.7. The molecule has 124 valence electrons. The summed E-state index contributed by atoms with van der Waals surface area (Å²) in [6.07, 6.45) is 0.855. The van der Waals surface area contributed by atoms with Crippen molar-refractivity contribution in [3.8, 4) is 17.2 Å². The second kappa shape index (κ2) is 7.58.